The Balaban J connectivity index is 2.05. The summed E-state index contributed by atoms with van der Waals surface area (Å²) in [5, 5.41) is 11.2. The highest BCUT2D eigenvalue weighted by molar-refractivity contribution is 5.74. The van der Waals surface area contributed by atoms with Gasteiger partial charge in [0.25, 0.3) is 0 Å². The molecule has 1 saturated carbocycles. The smallest absolute Gasteiger partial charge is 0.219 e. The largest absolute Gasteiger partial charge is 0.494 e. The molecule has 0 radical (unpaired) electrons. The highest BCUT2D eigenvalue weighted by atomic mass is 16.5. The molecular formula is C19H27NO3. The van der Waals surface area contributed by atoms with Gasteiger partial charge in [0, 0.05) is 24.9 Å². The maximum Gasteiger partial charge on any atom is 0.219 e. The average Bonchev–Trinajstić information content (AvgIpc) is 2.54. The number of likely N-dealkylation sites (tertiary alicyclic amines) is 1. The van der Waals surface area contributed by atoms with Gasteiger partial charge in [-0.1, -0.05) is 31.0 Å². The molecule has 2 fully saturated rings. The van der Waals surface area contributed by atoms with Crippen LogP contribution in [-0.4, -0.2) is 34.7 Å². The second-order valence-corrected chi connectivity index (χ2v) is 6.83. The van der Waals surface area contributed by atoms with Gasteiger partial charge in [0.05, 0.1) is 18.2 Å². The first-order valence-corrected chi connectivity index (χ1v) is 8.78. The molecule has 1 heterocycles. The number of nitrogens with zero attached hydrogens (tertiary/aromatic N) is 1. The zero-order valence-corrected chi connectivity index (χ0v) is 14.1. The lowest BCUT2D eigenvalue weighted by Crippen LogP contribution is -2.55. The number of amides is 1. The Labute approximate surface area is 138 Å². The summed E-state index contributed by atoms with van der Waals surface area (Å²) in [7, 11) is 0. The zero-order valence-electron chi connectivity index (χ0n) is 14.1. The first kappa shape index (κ1) is 16.3. The van der Waals surface area contributed by atoms with E-state index in [0.717, 1.165) is 37.0 Å². The van der Waals surface area contributed by atoms with Gasteiger partial charge in [-0.05, 0) is 32.3 Å². The number of para-hydroxylation sites is 1. The summed E-state index contributed by atoms with van der Waals surface area (Å²) in [4.78, 5) is 14.2. The Morgan fingerprint density at radius 3 is 2.87 bits per heavy atom. The maximum absolute atomic E-state index is 12.2. The van der Waals surface area contributed by atoms with Crippen LogP contribution >= 0.6 is 0 Å². The number of carbonyl (C=O) groups excluding carboxylic acids is 1. The molecule has 0 aromatic heterocycles. The summed E-state index contributed by atoms with van der Waals surface area (Å²) in [6.07, 6.45) is 4.69. The molecular weight excluding hydrogens is 290 g/mol. The highest BCUT2D eigenvalue weighted by Gasteiger charge is 2.50. The normalized spacial score (nSPS) is 30.7. The highest BCUT2D eigenvalue weighted by Crippen LogP contribution is 2.50. The number of rotatable bonds is 3. The number of piperidine rings is 1. The van der Waals surface area contributed by atoms with Crippen molar-refractivity contribution < 1.29 is 14.6 Å². The van der Waals surface area contributed by atoms with E-state index in [9.17, 15) is 9.90 Å². The van der Waals surface area contributed by atoms with Crippen molar-refractivity contribution in [1.82, 2.24) is 4.90 Å². The molecule has 0 unspecified atom stereocenters. The van der Waals surface area contributed by atoms with Crippen molar-refractivity contribution in [3.05, 3.63) is 29.8 Å². The van der Waals surface area contributed by atoms with E-state index in [0.29, 0.717) is 19.6 Å². The minimum atomic E-state index is -0.645. The van der Waals surface area contributed by atoms with Crippen LogP contribution in [0.2, 0.25) is 0 Å². The standard InChI is InChI=1S/C19H27NO3/c1-3-23-17-10-5-4-8-15(17)18-16-9-6-7-11-19(16,22)12-13-20(18)14(2)21/h4-5,8,10,16,18,22H,3,6-7,9,11-13H2,1-2H3/t16-,18+,19-/m0/s1. The van der Waals surface area contributed by atoms with Crippen LogP contribution in [0.15, 0.2) is 24.3 Å². The van der Waals surface area contributed by atoms with E-state index in [4.69, 9.17) is 4.74 Å². The Kier molecular flexibility index (Phi) is 4.62. The summed E-state index contributed by atoms with van der Waals surface area (Å²) in [6, 6.07) is 7.88. The van der Waals surface area contributed by atoms with Gasteiger partial charge in [0.2, 0.25) is 5.91 Å². The van der Waals surface area contributed by atoms with E-state index >= 15 is 0 Å². The third-order valence-corrected chi connectivity index (χ3v) is 5.51. The predicted molar refractivity (Wildman–Crippen MR) is 89.3 cm³/mol. The van der Waals surface area contributed by atoms with Crippen LogP contribution in [0.1, 0.15) is 57.6 Å². The molecule has 3 rings (SSSR count). The Morgan fingerprint density at radius 1 is 1.35 bits per heavy atom. The lowest BCUT2D eigenvalue weighted by atomic mass is 9.66. The lowest BCUT2D eigenvalue weighted by Gasteiger charge is -2.52. The van der Waals surface area contributed by atoms with Crippen LogP contribution in [0.5, 0.6) is 5.75 Å². The summed E-state index contributed by atoms with van der Waals surface area (Å²) in [5.74, 6) is 1.01. The number of carbonyl (C=O) groups is 1. The van der Waals surface area contributed by atoms with Gasteiger partial charge in [-0.15, -0.1) is 0 Å². The Hall–Kier alpha value is -1.55. The van der Waals surface area contributed by atoms with Crippen LogP contribution in [0.25, 0.3) is 0 Å². The molecule has 23 heavy (non-hydrogen) atoms. The van der Waals surface area contributed by atoms with Gasteiger partial charge >= 0.3 is 0 Å². The van der Waals surface area contributed by atoms with Crippen molar-refractivity contribution in [3.8, 4) is 5.75 Å². The minimum absolute atomic E-state index is 0.0777. The molecule has 1 amide bonds. The lowest BCUT2D eigenvalue weighted by molar-refractivity contribution is -0.153. The van der Waals surface area contributed by atoms with Crippen molar-refractivity contribution in [1.29, 1.82) is 0 Å². The SMILES string of the molecule is CCOc1ccccc1[C@@H]1[C@@H]2CCCC[C@]2(O)CCN1C(C)=O. The van der Waals surface area contributed by atoms with Gasteiger partial charge < -0.3 is 14.7 Å². The molecule has 4 heteroatoms. The summed E-state index contributed by atoms with van der Waals surface area (Å²) in [6.45, 7) is 4.81. The van der Waals surface area contributed by atoms with Gasteiger partial charge in [0.15, 0.2) is 0 Å². The van der Waals surface area contributed by atoms with Gasteiger partial charge in [-0.3, -0.25) is 4.79 Å². The molecule has 0 spiro atoms. The first-order chi connectivity index (χ1) is 11.1. The van der Waals surface area contributed by atoms with E-state index in [-0.39, 0.29) is 17.9 Å². The van der Waals surface area contributed by atoms with Crippen molar-refractivity contribution in [2.24, 2.45) is 5.92 Å². The molecule has 3 atom stereocenters. The Morgan fingerprint density at radius 2 is 2.13 bits per heavy atom. The van der Waals surface area contributed by atoms with Crippen molar-refractivity contribution in [2.45, 2.75) is 57.6 Å². The molecule has 2 aliphatic rings. The average molecular weight is 317 g/mol. The van der Waals surface area contributed by atoms with Crippen LogP contribution in [0.3, 0.4) is 0 Å². The predicted octanol–water partition coefficient (Wildman–Crippen LogP) is 3.30. The van der Waals surface area contributed by atoms with E-state index in [1.807, 2.05) is 36.1 Å². The summed E-state index contributed by atoms with van der Waals surface area (Å²) < 4.78 is 5.81. The number of aliphatic hydroxyl groups is 1. The number of hydrogen-bond acceptors (Lipinski definition) is 3. The molecule has 1 aliphatic carbocycles. The van der Waals surface area contributed by atoms with Crippen molar-refractivity contribution in [3.63, 3.8) is 0 Å². The topological polar surface area (TPSA) is 49.8 Å². The molecule has 1 aromatic carbocycles. The summed E-state index contributed by atoms with van der Waals surface area (Å²) >= 11 is 0. The van der Waals surface area contributed by atoms with Gasteiger partial charge in [0.1, 0.15) is 5.75 Å². The molecule has 1 aromatic rings. The molecule has 126 valence electrons. The van der Waals surface area contributed by atoms with E-state index < -0.39 is 5.60 Å². The molecule has 1 aliphatic heterocycles. The van der Waals surface area contributed by atoms with Crippen LogP contribution < -0.4 is 4.74 Å². The fourth-order valence-corrected chi connectivity index (χ4v) is 4.43. The van der Waals surface area contributed by atoms with E-state index in [1.165, 1.54) is 0 Å². The van der Waals surface area contributed by atoms with Crippen molar-refractivity contribution in [2.75, 3.05) is 13.2 Å². The van der Waals surface area contributed by atoms with Crippen LogP contribution in [0.4, 0.5) is 0 Å². The monoisotopic (exact) mass is 317 g/mol. The number of ether oxygens (including phenoxy) is 1. The maximum atomic E-state index is 12.2. The van der Waals surface area contributed by atoms with Crippen molar-refractivity contribution >= 4 is 5.91 Å². The number of benzene rings is 1. The minimum Gasteiger partial charge on any atom is -0.494 e. The molecule has 1 N–H and O–H groups in total. The number of hydrogen-bond donors (Lipinski definition) is 1. The van der Waals surface area contributed by atoms with Gasteiger partial charge in [-0.2, -0.15) is 0 Å². The fourth-order valence-electron chi connectivity index (χ4n) is 4.43. The van der Waals surface area contributed by atoms with Crippen LogP contribution in [-0.2, 0) is 4.79 Å². The van der Waals surface area contributed by atoms with Gasteiger partial charge in [-0.25, -0.2) is 0 Å². The quantitative estimate of drug-likeness (QED) is 0.930. The van der Waals surface area contributed by atoms with Crippen LogP contribution in [0, 0.1) is 5.92 Å². The second-order valence-electron chi connectivity index (χ2n) is 6.83. The number of fused-ring (bicyclic) bond motifs is 1. The Bertz CT molecular complexity index is 573. The molecule has 0 bridgehead atoms. The third kappa shape index (κ3) is 2.97. The van der Waals surface area contributed by atoms with E-state index in [1.54, 1.807) is 6.92 Å². The third-order valence-electron chi connectivity index (χ3n) is 5.51. The fraction of sp³-hybridized carbons (Fsp3) is 0.632. The zero-order chi connectivity index (χ0) is 16.4. The summed E-state index contributed by atoms with van der Waals surface area (Å²) in [5.41, 5.74) is 0.392. The van der Waals surface area contributed by atoms with E-state index in [2.05, 4.69) is 0 Å². The second kappa shape index (κ2) is 6.52. The first-order valence-electron chi connectivity index (χ1n) is 8.78. The molecule has 4 nitrogen and oxygen atoms in total. The molecule has 1 saturated heterocycles.